The predicted molar refractivity (Wildman–Crippen MR) is 92.8 cm³/mol. The monoisotopic (exact) mass is 333 g/mol. The van der Waals surface area contributed by atoms with E-state index in [9.17, 15) is 10.2 Å². The Labute approximate surface area is 136 Å². The highest BCUT2D eigenvalue weighted by Gasteiger charge is 2.45. The van der Waals surface area contributed by atoms with Gasteiger partial charge in [0.1, 0.15) is 11.8 Å². The Morgan fingerprint density at radius 1 is 1.23 bits per heavy atom. The molecule has 1 rings (SSSR count). The summed E-state index contributed by atoms with van der Waals surface area (Å²) in [6.45, 7) is 5.27. The number of aliphatic hydroxyl groups excluding tert-OH is 2. The maximum Gasteiger partial charge on any atom is 0.120 e. The van der Waals surface area contributed by atoms with Crippen molar-refractivity contribution >= 4 is 8.80 Å². The standard InChI is InChI=1S/C15H35N3O3Si/c1-16-12(13(20)15(11-19,17-2)18-3)10-14(22(4)5)8-6-7-9-21-14/h12-13,16-20,22H,6-11H2,1-5H3. The van der Waals surface area contributed by atoms with Gasteiger partial charge in [-0.05, 0) is 46.8 Å². The Kier molecular flexibility index (Phi) is 7.94. The van der Waals surface area contributed by atoms with Gasteiger partial charge in [-0.15, -0.1) is 0 Å². The molecule has 0 amide bonds. The minimum atomic E-state index is -1.06. The molecular weight excluding hydrogens is 298 g/mol. The number of rotatable bonds is 9. The molecule has 0 radical (unpaired) electrons. The van der Waals surface area contributed by atoms with Gasteiger partial charge in [0.25, 0.3) is 0 Å². The van der Waals surface area contributed by atoms with E-state index in [1.54, 1.807) is 14.1 Å². The smallest absolute Gasteiger partial charge is 0.120 e. The number of hydrogen-bond donors (Lipinski definition) is 5. The van der Waals surface area contributed by atoms with Gasteiger partial charge in [0, 0.05) is 12.6 Å². The first kappa shape index (κ1) is 20.0. The van der Waals surface area contributed by atoms with Crippen molar-refractivity contribution in [1.29, 1.82) is 0 Å². The van der Waals surface area contributed by atoms with E-state index in [1.807, 2.05) is 7.05 Å². The van der Waals surface area contributed by atoms with Crippen LogP contribution in [0.2, 0.25) is 13.1 Å². The Bertz CT molecular complexity index is 313. The summed E-state index contributed by atoms with van der Waals surface area (Å²) in [4.78, 5) is 0. The molecule has 22 heavy (non-hydrogen) atoms. The second kappa shape index (κ2) is 8.72. The van der Waals surface area contributed by atoms with Crippen molar-refractivity contribution in [3.05, 3.63) is 0 Å². The highest BCUT2D eigenvalue weighted by molar-refractivity contribution is 6.59. The van der Waals surface area contributed by atoms with Crippen molar-refractivity contribution in [3.63, 3.8) is 0 Å². The average Bonchev–Trinajstić information content (AvgIpc) is 2.55. The number of likely N-dealkylation sites (N-methyl/N-ethyl adjacent to an activating group) is 3. The van der Waals surface area contributed by atoms with Gasteiger partial charge in [-0.1, -0.05) is 13.1 Å². The first-order valence-electron chi connectivity index (χ1n) is 8.39. The molecule has 3 atom stereocenters. The summed E-state index contributed by atoms with van der Waals surface area (Å²) >= 11 is 0. The quantitative estimate of drug-likeness (QED) is 0.287. The van der Waals surface area contributed by atoms with Gasteiger partial charge in [-0.25, -0.2) is 0 Å². The topological polar surface area (TPSA) is 85.8 Å². The molecule has 3 unspecified atom stereocenters. The van der Waals surface area contributed by atoms with Crippen LogP contribution >= 0.6 is 0 Å². The van der Waals surface area contributed by atoms with E-state index in [2.05, 4.69) is 29.0 Å². The van der Waals surface area contributed by atoms with E-state index < -0.39 is 20.6 Å². The zero-order valence-electron chi connectivity index (χ0n) is 14.8. The molecule has 1 aliphatic rings. The third-order valence-corrected chi connectivity index (χ3v) is 8.20. The van der Waals surface area contributed by atoms with Gasteiger partial charge >= 0.3 is 0 Å². The van der Waals surface area contributed by atoms with Gasteiger partial charge in [-0.3, -0.25) is 10.6 Å². The number of aliphatic hydroxyl groups is 2. The Balaban J connectivity index is 2.94. The van der Waals surface area contributed by atoms with Crippen LogP contribution in [0, 0.1) is 0 Å². The second-order valence-electron chi connectivity index (χ2n) is 6.70. The minimum absolute atomic E-state index is 0.0738. The lowest BCUT2D eigenvalue weighted by Gasteiger charge is -2.46. The van der Waals surface area contributed by atoms with Crippen LogP contribution in [-0.4, -0.2) is 76.4 Å². The fourth-order valence-electron chi connectivity index (χ4n) is 3.49. The molecule has 0 spiro atoms. The molecule has 6 nitrogen and oxygen atoms in total. The molecule has 0 aromatic rings. The summed E-state index contributed by atoms with van der Waals surface area (Å²) in [6, 6.07) is -0.153. The zero-order valence-corrected chi connectivity index (χ0v) is 15.9. The van der Waals surface area contributed by atoms with Crippen molar-refractivity contribution in [3.8, 4) is 0 Å². The van der Waals surface area contributed by atoms with Crippen molar-refractivity contribution < 1.29 is 14.9 Å². The first-order valence-corrected chi connectivity index (χ1v) is 11.3. The van der Waals surface area contributed by atoms with Gasteiger partial charge in [0.05, 0.1) is 20.6 Å². The van der Waals surface area contributed by atoms with Gasteiger partial charge in [0.15, 0.2) is 0 Å². The third-order valence-electron chi connectivity index (χ3n) is 5.40. The summed E-state index contributed by atoms with van der Waals surface area (Å²) in [6.07, 6.45) is 3.41. The van der Waals surface area contributed by atoms with E-state index in [0.717, 1.165) is 25.9 Å². The van der Waals surface area contributed by atoms with E-state index in [0.29, 0.717) is 0 Å². The number of ether oxygens (including phenoxy) is 1. The van der Waals surface area contributed by atoms with Crippen molar-refractivity contribution in [2.75, 3.05) is 34.4 Å². The van der Waals surface area contributed by atoms with Crippen LogP contribution in [0.5, 0.6) is 0 Å². The third kappa shape index (κ3) is 4.08. The lowest BCUT2D eigenvalue weighted by atomic mass is 9.90. The van der Waals surface area contributed by atoms with Crippen molar-refractivity contribution in [2.45, 2.75) is 61.8 Å². The molecule has 0 aliphatic carbocycles. The van der Waals surface area contributed by atoms with E-state index in [4.69, 9.17) is 4.74 Å². The highest BCUT2D eigenvalue weighted by atomic mass is 28.3. The maximum atomic E-state index is 10.9. The maximum absolute atomic E-state index is 10.9. The number of nitrogens with one attached hydrogen (secondary N) is 3. The lowest BCUT2D eigenvalue weighted by molar-refractivity contribution is -0.0634. The molecule has 7 heteroatoms. The first-order chi connectivity index (χ1) is 10.4. The normalized spacial score (nSPS) is 26.2. The Hall–Kier alpha value is -0.0231. The van der Waals surface area contributed by atoms with Gasteiger partial charge in [0.2, 0.25) is 0 Å². The fourth-order valence-corrected chi connectivity index (χ4v) is 5.44. The predicted octanol–water partition coefficient (Wildman–Crippen LogP) is -0.582. The summed E-state index contributed by atoms with van der Waals surface area (Å²) < 4.78 is 6.23. The molecule has 0 aromatic carbocycles. The second-order valence-corrected chi connectivity index (χ2v) is 10.1. The van der Waals surface area contributed by atoms with Crippen molar-refractivity contribution in [1.82, 2.24) is 16.0 Å². The largest absolute Gasteiger partial charge is 0.393 e. The highest BCUT2D eigenvalue weighted by Crippen LogP contribution is 2.33. The van der Waals surface area contributed by atoms with Crippen LogP contribution in [0.15, 0.2) is 0 Å². The molecule has 0 aromatic heterocycles. The van der Waals surface area contributed by atoms with Crippen LogP contribution < -0.4 is 16.0 Å². The number of hydrogen-bond acceptors (Lipinski definition) is 6. The summed E-state index contributed by atoms with van der Waals surface area (Å²) in [5, 5.41) is 29.8. The Morgan fingerprint density at radius 2 is 1.86 bits per heavy atom. The molecule has 132 valence electrons. The van der Waals surface area contributed by atoms with Gasteiger partial charge < -0.3 is 20.3 Å². The molecular formula is C15H35N3O3Si. The molecule has 0 bridgehead atoms. The van der Waals surface area contributed by atoms with E-state index in [1.165, 1.54) is 6.42 Å². The van der Waals surface area contributed by atoms with Crippen LogP contribution in [0.25, 0.3) is 0 Å². The molecule has 1 aliphatic heterocycles. The SMILES string of the molecule is CNC(CC1([SiH](C)C)CCCCO1)C(O)C(CO)(NC)NC. The molecule has 1 fully saturated rings. The summed E-state index contributed by atoms with van der Waals surface area (Å²) in [5.74, 6) is 0. The summed E-state index contributed by atoms with van der Waals surface area (Å²) in [7, 11) is 4.29. The summed E-state index contributed by atoms with van der Waals surface area (Å²) in [5.41, 5.74) is -0.915. The Morgan fingerprint density at radius 3 is 2.23 bits per heavy atom. The molecule has 5 N–H and O–H groups in total. The van der Waals surface area contributed by atoms with Crippen molar-refractivity contribution in [2.24, 2.45) is 0 Å². The lowest BCUT2D eigenvalue weighted by Crippen LogP contribution is -2.70. The fraction of sp³-hybridized carbons (Fsp3) is 1.00. The van der Waals surface area contributed by atoms with Crippen LogP contribution in [0.4, 0.5) is 0 Å². The zero-order chi connectivity index (χ0) is 16.8. The molecule has 1 heterocycles. The molecule has 1 saturated heterocycles. The minimum Gasteiger partial charge on any atom is -0.393 e. The van der Waals surface area contributed by atoms with Crippen LogP contribution in [0.3, 0.4) is 0 Å². The van der Waals surface area contributed by atoms with E-state index in [-0.39, 0.29) is 17.9 Å². The molecule has 0 saturated carbocycles. The average molecular weight is 334 g/mol. The van der Waals surface area contributed by atoms with Crippen LogP contribution in [-0.2, 0) is 4.74 Å². The van der Waals surface area contributed by atoms with E-state index >= 15 is 0 Å². The van der Waals surface area contributed by atoms with Gasteiger partial charge in [-0.2, -0.15) is 0 Å². The van der Waals surface area contributed by atoms with Crippen LogP contribution in [0.1, 0.15) is 25.7 Å².